The maximum absolute atomic E-state index is 12.0. The highest BCUT2D eigenvalue weighted by Gasteiger charge is 2.16. The van der Waals surface area contributed by atoms with E-state index in [1.54, 1.807) is 11.8 Å². The maximum Gasteiger partial charge on any atom is 0.335 e. The van der Waals surface area contributed by atoms with Crippen LogP contribution in [0.4, 0.5) is 5.69 Å². The predicted molar refractivity (Wildman–Crippen MR) is 79.7 cm³/mol. The SMILES string of the molecule is CSc1ccccc1Cn1cc(Cl)cc([N+](=O)[O-])c1=O. The van der Waals surface area contributed by atoms with E-state index in [1.165, 1.54) is 10.8 Å². The normalized spacial score (nSPS) is 10.5. The molecule has 2 rings (SSSR count). The molecule has 0 unspecified atom stereocenters. The van der Waals surface area contributed by atoms with Crippen molar-refractivity contribution < 1.29 is 4.92 Å². The van der Waals surface area contributed by atoms with E-state index in [1.807, 2.05) is 30.5 Å². The molecule has 5 nitrogen and oxygen atoms in total. The summed E-state index contributed by atoms with van der Waals surface area (Å²) in [4.78, 5) is 23.2. The highest BCUT2D eigenvalue weighted by molar-refractivity contribution is 7.98. The van der Waals surface area contributed by atoms with Gasteiger partial charge in [0.25, 0.3) is 0 Å². The quantitative estimate of drug-likeness (QED) is 0.494. The molecule has 2 aromatic rings. The van der Waals surface area contributed by atoms with E-state index in [0.29, 0.717) is 0 Å². The lowest BCUT2D eigenvalue weighted by Gasteiger charge is -2.09. The van der Waals surface area contributed by atoms with Crippen LogP contribution in [0.15, 0.2) is 46.2 Å². The van der Waals surface area contributed by atoms with E-state index < -0.39 is 16.2 Å². The first-order valence-electron chi connectivity index (χ1n) is 5.69. The van der Waals surface area contributed by atoms with E-state index in [9.17, 15) is 14.9 Å². The van der Waals surface area contributed by atoms with Gasteiger partial charge in [0, 0.05) is 17.2 Å². The number of halogens is 1. The Hall–Kier alpha value is -1.79. The van der Waals surface area contributed by atoms with E-state index >= 15 is 0 Å². The van der Waals surface area contributed by atoms with Crippen molar-refractivity contribution in [2.45, 2.75) is 11.4 Å². The number of hydrogen-bond donors (Lipinski definition) is 0. The van der Waals surface area contributed by atoms with Crippen LogP contribution in [0.1, 0.15) is 5.56 Å². The Kier molecular flexibility index (Phi) is 4.46. The Morgan fingerprint density at radius 1 is 1.40 bits per heavy atom. The number of aromatic nitrogens is 1. The first-order chi connectivity index (χ1) is 9.52. The Bertz CT molecular complexity index is 715. The lowest BCUT2D eigenvalue weighted by molar-refractivity contribution is -0.386. The average Bonchev–Trinajstić information content (AvgIpc) is 2.42. The van der Waals surface area contributed by atoms with Crippen LogP contribution in [-0.4, -0.2) is 15.7 Å². The minimum atomic E-state index is -0.717. The Morgan fingerprint density at radius 2 is 2.10 bits per heavy atom. The van der Waals surface area contributed by atoms with Crippen LogP contribution in [0.5, 0.6) is 0 Å². The molecule has 0 aliphatic rings. The summed E-state index contributed by atoms with van der Waals surface area (Å²) < 4.78 is 1.26. The van der Waals surface area contributed by atoms with Crippen molar-refractivity contribution in [1.82, 2.24) is 4.57 Å². The zero-order valence-corrected chi connectivity index (χ0v) is 12.1. The van der Waals surface area contributed by atoms with Crippen molar-refractivity contribution in [3.63, 3.8) is 0 Å². The molecule has 0 amide bonds. The van der Waals surface area contributed by atoms with Crippen molar-refractivity contribution in [2.75, 3.05) is 6.26 Å². The summed E-state index contributed by atoms with van der Waals surface area (Å²) in [6.45, 7) is 0.247. The zero-order chi connectivity index (χ0) is 14.7. The van der Waals surface area contributed by atoms with Gasteiger partial charge in [-0.2, -0.15) is 0 Å². The molecular formula is C13H11ClN2O3S. The number of pyridine rings is 1. The first kappa shape index (κ1) is 14.6. The summed E-state index contributed by atoms with van der Waals surface area (Å²) in [5.74, 6) is 0. The molecule has 1 aromatic carbocycles. The fourth-order valence-corrected chi connectivity index (χ4v) is 2.68. The molecule has 0 radical (unpaired) electrons. The van der Waals surface area contributed by atoms with Gasteiger partial charge in [0.05, 0.1) is 16.5 Å². The third kappa shape index (κ3) is 3.02. The molecule has 20 heavy (non-hydrogen) atoms. The highest BCUT2D eigenvalue weighted by Crippen LogP contribution is 2.21. The first-order valence-corrected chi connectivity index (χ1v) is 7.29. The lowest BCUT2D eigenvalue weighted by Crippen LogP contribution is -2.22. The molecule has 0 spiro atoms. The second-order valence-corrected chi connectivity index (χ2v) is 5.33. The van der Waals surface area contributed by atoms with Crippen molar-refractivity contribution in [3.05, 3.63) is 67.6 Å². The zero-order valence-electron chi connectivity index (χ0n) is 10.6. The molecule has 1 aromatic heterocycles. The van der Waals surface area contributed by atoms with Crippen molar-refractivity contribution in [1.29, 1.82) is 0 Å². The fraction of sp³-hybridized carbons (Fsp3) is 0.154. The van der Waals surface area contributed by atoms with Gasteiger partial charge in [-0.05, 0) is 17.9 Å². The van der Waals surface area contributed by atoms with Crippen LogP contribution in [0.25, 0.3) is 0 Å². The topological polar surface area (TPSA) is 65.1 Å². The van der Waals surface area contributed by atoms with Crippen LogP contribution >= 0.6 is 23.4 Å². The standard InChI is InChI=1S/C13H11ClN2O3S/c1-20-12-5-3-2-4-9(12)7-15-8-10(14)6-11(13(15)17)16(18)19/h2-6,8H,7H2,1H3. The number of hydrogen-bond acceptors (Lipinski definition) is 4. The van der Waals surface area contributed by atoms with Crippen LogP contribution < -0.4 is 5.56 Å². The molecule has 1 heterocycles. The van der Waals surface area contributed by atoms with E-state index in [2.05, 4.69) is 0 Å². The van der Waals surface area contributed by atoms with Crippen LogP contribution in [0.2, 0.25) is 5.02 Å². The summed E-state index contributed by atoms with van der Waals surface area (Å²) in [7, 11) is 0. The van der Waals surface area contributed by atoms with E-state index in [4.69, 9.17) is 11.6 Å². The molecule has 0 bridgehead atoms. The third-order valence-electron chi connectivity index (χ3n) is 2.76. The number of rotatable bonds is 4. The van der Waals surface area contributed by atoms with Gasteiger partial charge in [-0.25, -0.2) is 0 Å². The largest absolute Gasteiger partial charge is 0.335 e. The lowest BCUT2D eigenvalue weighted by atomic mass is 10.2. The van der Waals surface area contributed by atoms with E-state index in [-0.39, 0.29) is 11.6 Å². The highest BCUT2D eigenvalue weighted by atomic mass is 35.5. The molecular weight excluding hydrogens is 300 g/mol. The second-order valence-electron chi connectivity index (χ2n) is 4.05. The average molecular weight is 311 g/mol. The van der Waals surface area contributed by atoms with Crippen molar-refractivity contribution in [2.24, 2.45) is 0 Å². The molecule has 0 saturated carbocycles. The number of nitrogens with zero attached hydrogens (tertiary/aromatic N) is 2. The summed E-state index contributed by atoms with van der Waals surface area (Å²) >= 11 is 7.39. The minimum Gasteiger partial charge on any atom is -0.304 e. The van der Waals surface area contributed by atoms with Gasteiger partial charge in [0.2, 0.25) is 0 Å². The molecule has 0 fully saturated rings. The van der Waals surface area contributed by atoms with Gasteiger partial charge in [0.15, 0.2) is 0 Å². The molecule has 0 aliphatic heterocycles. The predicted octanol–water partition coefficient (Wildman–Crippen LogP) is 3.18. The molecule has 104 valence electrons. The van der Waals surface area contributed by atoms with E-state index in [0.717, 1.165) is 16.5 Å². The van der Waals surface area contributed by atoms with Gasteiger partial charge in [-0.1, -0.05) is 29.8 Å². The molecule has 0 atom stereocenters. The fourth-order valence-electron chi connectivity index (χ4n) is 1.85. The molecule has 0 N–H and O–H groups in total. The smallest absolute Gasteiger partial charge is 0.304 e. The third-order valence-corrected chi connectivity index (χ3v) is 3.81. The Labute approximate surface area is 124 Å². The molecule has 0 saturated heterocycles. The van der Waals surface area contributed by atoms with Gasteiger partial charge < -0.3 is 4.57 Å². The van der Waals surface area contributed by atoms with Gasteiger partial charge in [-0.15, -0.1) is 11.8 Å². The minimum absolute atomic E-state index is 0.165. The summed E-state index contributed by atoms with van der Waals surface area (Å²) in [5, 5.41) is 11.0. The van der Waals surface area contributed by atoms with Crippen LogP contribution in [-0.2, 0) is 6.54 Å². The van der Waals surface area contributed by atoms with Crippen molar-refractivity contribution >= 4 is 29.1 Å². The summed E-state index contributed by atoms with van der Waals surface area (Å²) in [5.41, 5.74) is -0.256. The monoisotopic (exact) mass is 310 g/mol. The summed E-state index contributed by atoms with van der Waals surface area (Å²) in [6.07, 6.45) is 3.34. The molecule has 7 heteroatoms. The van der Waals surface area contributed by atoms with Gasteiger partial charge >= 0.3 is 11.2 Å². The van der Waals surface area contributed by atoms with Gasteiger partial charge in [-0.3, -0.25) is 14.9 Å². The number of thioether (sulfide) groups is 1. The van der Waals surface area contributed by atoms with Gasteiger partial charge in [0.1, 0.15) is 0 Å². The Morgan fingerprint density at radius 3 is 2.75 bits per heavy atom. The van der Waals surface area contributed by atoms with Crippen LogP contribution in [0, 0.1) is 10.1 Å². The molecule has 0 aliphatic carbocycles. The number of benzene rings is 1. The maximum atomic E-state index is 12.0. The summed E-state index contributed by atoms with van der Waals surface area (Å²) in [6, 6.07) is 8.65. The Balaban J connectivity index is 2.49. The van der Waals surface area contributed by atoms with Crippen LogP contribution in [0.3, 0.4) is 0 Å². The second kappa shape index (κ2) is 6.11. The number of nitro groups is 1. The van der Waals surface area contributed by atoms with Crippen molar-refractivity contribution in [3.8, 4) is 0 Å².